The molecule has 6 heteroatoms. The van der Waals surface area contributed by atoms with Crippen molar-refractivity contribution >= 4 is 12.0 Å². The molecule has 126 valence electrons. The lowest BCUT2D eigenvalue weighted by atomic mass is 10.1. The molecular formula is C17H25N3O3. The molecule has 0 bridgehead atoms. The molecule has 2 amide bonds. The molecule has 23 heavy (non-hydrogen) atoms. The number of rotatable bonds is 6. The molecule has 1 aromatic rings. The second kappa shape index (κ2) is 9.15. The van der Waals surface area contributed by atoms with Gasteiger partial charge in [-0.25, -0.2) is 4.79 Å². The molecule has 0 radical (unpaired) electrons. The average Bonchev–Trinajstić information content (AvgIpc) is 2.57. The van der Waals surface area contributed by atoms with Crippen molar-refractivity contribution in [1.82, 2.24) is 15.5 Å². The Balaban J connectivity index is 1.62. The van der Waals surface area contributed by atoms with Gasteiger partial charge in [-0.15, -0.1) is 0 Å². The molecule has 6 nitrogen and oxygen atoms in total. The summed E-state index contributed by atoms with van der Waals surface area (Å²) in [6.45, 7) is 4.42. The highest BCUT2D eigenvalue weighted by Crippen LogP contribution is 2.11. The number of hydrogen-bond acceptors (Lipinski definition) is 4. The Morgan fingerprint density at radius 1 is 1.22 bits per heavy atom. The van der Waals surface area contributed by atoms with Gasteiger partial charge in [-0.2, -0.15) is 0 Å². The van der Waals surface area contributed by atoms with E-state index in [2.05, 4.69) is 10.6 Å². The Morgan fingerprint density at radius 2 is 1.91 bits per heavy atom. The van der Waals surface area contributed by atoms with E-state index in [4.69, 9.17) is 4.74 Å². The fourth-order valence-electron chi connectivity index (χ4n) is 2.62. The van der Waals surface area contributed by atoms with Crippen LogP contribution in [0.1, 0.15) is 25.3 Å². The van der Waals surface area contributed by atoms with Gasteiger partial charge in [-0.1, -0.05) is 30.3 Å². The maximum atomic E-state index is 11.9. The fraction of sp³-hybridized carbons (Fsp3) is 0.529. The molecule has 1 aromatic carbocycles. The second-order valence-electron chi connectivity index (χ2n) is 5.62. The topological polar surface area (TPSA) is 70.7 Å². The zero-order chi connectivity index (χ0) is 16.5. The van der Waals surface area contributed by atoms with Crippen molar-refractivity contribution in [3.05, 3.63) is 35.9 Å². The molecule has 0 atom stereocenters. The molecule has 0 aromatic heterocycles. The van der Waals surface area contributed by atoms with Crippen LogP contribution in [0.25, 0.3) is 0 Å². The third kappa shape index (κ3) is 5.90. The number of likely N-dealkylation sites (tertiary alicyclic amines) is 1. The lowest BCUT2D eigenvalue weighted by Crippen LogP contribution is -2.48. The first-order valence-electron chi connectivity index (χ1n) is 8.14. The van der Waals surface area contributed by atoms with Crippen LogP contribution in [0, 0.1) is 0 Å². The van der Waals surface area contributed by atoms with Crippen LogP contribution in [-0.2, 0) is 16.1 Å². The van der Waals surface area contributed by atoms with Crippen LogP contribution in [-0.4, -0.2) is 49.2 Å². The van der Waals surface area contributed by atoms with E-state index in [1.165, 1.54) is 0 Å². The predicted molar refractivity (Wildman–Crippen MR) is 87.9 cm³/mol. The summed E-state index contributed by atoms with van der Waals surface area (Å²) in [5, 5.41) is 6.15. The summed E-state index contributed by atoms with van der Waals surface area (Å²) in [4.78, 5) is 25.2. The van der Waals surface area contributed by atoms with Gasteiger partial charge in [-0.3, -0.25) is 4.79 Å². The van der Waals surface area contributed by atoms with Crippen molar-refractivity contribution < 1.29 is 14.3 Å². The van der Waals surface area contributed by atoms with E-state index in [0.717, 1.165) is 18.4 Å². The molecular weight excluding hydrogens is 294 g/mol. The first-order valence-corrected chi connectivity index (χ1v) is 8.14. The summed E-state index contributed by atoms with van der Waals surface area (Å²) in [5.41, 5.74) is 1.16. The highest BCUT2D eigenvalue weighted by molar-refractivity contribution is 5.78. The van der Waals surface area contributed by atoms with E-state index in [1.807, 2.05) is 30.3 Å². The summed E-state index contributed by atoms with van der Waals surface area (Å²) >= 11 is 0. The van der Waals surface area contributed by atoms with E-state index in [0.29, 0.717) is 32.8 Å². The summed E-state index contributed by atoms with van der Waals surface area (Å²) in [6.07, 6.45) is 1.27. The van der Waals surface area contributed by atoms with Crippen LogP contribution in [0.3, 0.4) is 0 Å². The zero-order valence-electron chi connectivity index (χ0n) is 13.6. The van der Waals surface area contributed by atoms with Crippen molar-refractivity contribution in [1.29, 1.82) is 0 Å². The smallest absolute Gasteiger partial charge is 0.409 e. The third-order valence-electron chi connectivity index (χ3n) is 3.84. The number of ether oxygens (including phenoxy) is 1. The molecule has 2 N–H and O–H groups in total. The van der Waals surface area contributed by atoms with Crippen molar-refractivity contribution in [2.45, 2.75) is 32.4 Å². The average molecular weight is 319 g/mol. The van der Waals surface area contributed by atoms with E-state index >= 15 is 0 Å². The largest absolute Gasteiger partial charge is 0.450 e. The molecule has 1 aliphatic rings. The van der Waals surface area contributed by atoms with Gasteiger partial charge < -0.3 is 20.3 Å². The van der Waals surface area contributed by atoms with Crippen molar-refractivity contribution in [2.75, 3.05) is 26.2 Å². The minimum Gasteiger partial charge on any atom is -0.450 e. The normalized spacial score (nSPS) is 15.3. The van der Waals surface area contributed by atoms with Crippen LogP contribution < -0.4 is 10.6 Å². The van der Waals surface area contributed by atoms with Gasteiger partial charge in [-0.05, 0) is 25.3 Å². The molecule has 1 heterocycles. The predicted octanol–water partition coefficient (Wildman–Crippen LogP) is 1.51. The number of carbonyl (C=O) groups is 2. The number of nitrogens with one attached hydrogen (secondary N) is 2. The van der Waals surface area contributed by atoms with Gasteiger partial charge in [0, 0.05) is 25.7 Å². The molecule has 0 saturated carbocycles. The maximum absolute atomic E-state index is 11.9. The summed E-state index contributed by atoms with van der Waals surface area (Å²) in [7, 11) is 0. The van der Waals surface area contributed by atoms with Crippen LogP contribution in [0.4, 0.5) is 4.79 Å². The molecule has 0 aliphatic carbocycles. The van der Waals surface area contributed by atoms with Gasteiger partial charge in [0.25, 0.3) is 0 Å². The van der Waals surface area contributed by atoms with Crippen molar-refractivity contribution in [3.8, 4) is 0 Å². The number of piperidine rings is 1. The van der Waals surface area contributed by atoms with Gasteiger partial charge >= 0.3 is 6.09 Å². The lowest BCUT2D eigenvalue weighted by molar-refractivity contribution is -0.121. The maximum Gasteiger partial charge on any atom is 0.409 e. The number of nitrogens with zero attached hydrogens (tertiary/aromatic N) is 1. The number of hydrogen-bond donors (Lipinski definition) is 2. The first-order chi connectivity index (χ1) is 11.2. The fourth-order valence-corrected chi connectivity index (χ4v) is 2.62. The Labute approximate surface area is 137 Å². The molecule has 1 saturated heterocycles. The SMILES string of the molecule is CCOC(=O)N1CCC(NC(=O)CNCc2ccccc2)CC1. The van der Waals surface area contributed by atoms with Crippen LogP contribution >= 0.6 is 0 Å². The van der Waals surface area contributed by atoms with Crippen LogP contribution in [0.2, 0.25) is 0 Å². The number of amides is 2. The van der Waals surface area contributed by atoms with Crippen LogP contribution in [0.15, 0.2) is 30.3 Å². The Morgan fingerprint density at radius 3 is 2.57 bits per heavy atom. The van der Waals surface area contributed by atoms with Crippen molar-refractivity contribution in [3.63, 3.8) is 0 Å². The van der Waals surface area contributed by atoms with Crippen molar-refractivity contribution in [2.24, 2.45) is 0 Å². The van der Waals surface area contributed by atoms with Gasteiger partial charge in [0.15, 0.2) is 0 Å². The highest BCUT2D eigenvalue weighted by atomic mass is 16.6. The van der Waals surface area contributed by atoms with E-state index in [-0.39, 0.29) is 18.0 Å². The Bertz CT molecular complexity index is 499. The second-order valence-corrected chi connectivity index (χ2v) is 5.62. The van der Waals surface area contributed by atoms with Crippen LogP contribution in [0.5, 0.6) is 0 Å². The number of benzene rings is 1. The quantitative estimate of drug-likeness (QED) is 0.834. The summed E-state index contributed by atoms with van der Waals surface area (Å²) in [6, 6.07) is 10.1. The Hall–Kier alpha value is -2.08. The summed E-state index contributed by atoms with van der Waals surface area (Å²) in [5.74, 6) is -0.00415. The molecule has 1 aliphatic heterocycles. The summed E-state index contributed by atoms with van der Waals surface area (Å²) < 4.78 is 4.98. The molecule has 0 unspecified atom stereocenters. The minimum absolute atomic E-state index is 0.00415. The van der Waals surface area contributed by atoms with Gasteiger partial charge in [0.2, 0.25) is 5.91 Å². The van der Waals surface area contributed by atoms with Gasteiger partial charge in [0.1, 0.15) is 0 Å². The molecule has 1 fully saturated rings. The first kappa shape index (κ1) is 17.3. The Kier molecular flexibility index (Phi) is 6.87. The lowest BCUT2D eigenvalue weighted by Gasteiger charge is -2.31. The van der Waals surface area contributed by atoms with E-state index in [1.54, 1.807) is 11.8 Å². The third-order valence-corrected chi connectivity index (χ3v) is 3.84. The highest BCUT2D eigenvalue weighted by Gasteiger charge is 2.24. The van der Waals surface area contributed by atoms with E-state index in [9.17, 15) is 9.59 Å². The monoisotopic (exact) mass is 319 g/mol. The van der Waals surface area contributed by atoms with Gasteiger partial charge in [0.05, 0.1) is 13.2 Å². The minimum atomic E-state index is -0.262. The molecule has 0 spiro atoms. The number of carbonyl (C=O) groups excluding carboxylic acids is 2. The molecule has 2 rings (SSSR count). The zero-order valence-corrected chi connectivity index (χ0v) is 13.6. The standard InChI is InChI=1S/C17H25N3O3/c1-2-23-17(22)20-10-8-15(9-11-20)19-16(21)13-18-12-14-6-4-3-5-7-14/h3-7,15,18H,2,8-13H2,1H3,(H,19,21). The van der Waals surface area contributed by atoms with E-state index < -0.39 is 0 Å².